The van der Waals surface area contributed by atoms with Crippen molar-refractivity contribution in [3.63, 3.8) is 0 Å². The zero-order valence-electron chi connectivity index (χ0n) is 9.37. The Balaban J connectivity index is 2.24. The number of thiocarbonyl (C=S) groups is 1. The standard InChI is InChI=1S/C11H15N3O2S/c12-11(17)9-1-2-13-5-10(9)14-3-4-16-8(6-14)7-15/h1-2,5,8,15H,3-4,6-7H2,(H2,12,17). The van der Waals surface area contributed by atoms with E-state index < -0.39 is 0 Å². The average Bonchev–Trinajstić information content (AvgIpc) is 2.39. The molecule has 1 fully saturated rings. The van der Waals surface area contributed by atoms with E-state index >= 15 is 0 Å². The molecule has 0 aromatic carbocycles. The van der Waals surface area contributed by atoms with Gasteiger partial charge in [0, 0.05) is 24.8 Å². The predicted molar refractivity (Wildman–Crippen MR) is 69.2 cm³/mol. The van der Waals surface area contributed by atoms with Gasteiger partial charge in [0.2, 0.25) is 0 Å². The number of hydrogen-bond donors (Lipinski definition) is 2. The maximum atomic E-state index is 9.12. The number of aromatic nitrogens is 1. The second-order valence-corrected chi connectivity index (χ2v) is 4.32. The van der Waals surface area contributed by atoms with Crippen LogP contribution in [0.2, 0.25) is 0 Å². The summed E-state index contributed by atoms with van der Waals surface area (Å²) >= 11 is 5.02. The summed E-state index contributed by atoms with van der Waals surface area (Å²) in [6.45, 7) is 1.96. The number of anilines is 1. The highest BCUT2D eigenvalue weighted by molar-refractivity contribution is 7.80. The van der Waals surface area contributed by atoms with E-state index in [1.54, 1.807) is 18.5 Å². The fourth-order valence-electron chi connectivity index (χ4n) is 1.90. The smallest absolute Gasteiger partial charge is 0.106 e. The van der Waals surface area contributed by atoms with Crippen LogP contribution in [0.5, 0.6) is 0 Å². The number of ether oxygens (including phenoxy) is 1. The molecule has 1 aliphatic rings. The molecule has 1 unspecified atom stereocenters. The lowest BCUT2D eigenvalue weighted by Crippen LogP contribution is -2.44. The van der Waals surface area contributed by atoms with Crippen LogP contribution in [-0.4, -0.2) is 47.5 Å². The lowest BCUT2D eigenvalue weighted by Gasteiger charge is -2.34. The third kappa shape index (κ3) is 2.71. The van der Waals surface area contributed by atoms with Gasteiger partial charge >= 0.3 is 0 Å². The molecule has 0 amide bonds. The minimum Gasteiger partial charge on any atom is -0.394 e. The van der Waals surface area contributed by atoms with Crippen molar-refractivity contribution in [3.05, 3.63) is 24.0 Å². The van der Waals surface area contributed by atoms with Crippen molar-refractivity contribution in [2.45, 2.75) is 6.10 Å². The Labute approximate surface area is 105 Å². The van der Waals surface area contributed by atoms with Crippen LogP contribution in [0.4, 0.5) is 5.69 Å². The lowest BCUT2D eigenvalue weighted by atomic mass is 10.2. The van der Waals surface area contributed by atoms with Gasteiger partial charge in [0.15, 0.2) is 0 Å². The number of morpholine rings is 1. The molecule has 17 heavy (non-hydrogen) atoms. The van der Waals surface area contributed by atoms with Gasteiger partial charge in [0.05, 0.1) is 31.2 Å². The summed E-state index contributed by atoms with van der Waals surface area (Å²) < 4.78 is 5.40. The summed E-state index contributed by atoms with van der Waals surface area (Å²) in [5.41, 5.74) is 7.40. The van der Waals surface area contributed by atoms with E-state index in [0.29, 0.717) is 18.1 Å². The largest absolute Gasteiger partial charge is 0.394 e. The first-order valence-electron chi connectivity index (χ1n) is 5.43. The van der Waals surface area contributed by atoms with Gasteiger partial charge in [0.25, 0.3) is 0 Å². The third-order valence-electron chi connectivity index (χ3n) is 2.75. The molecule has 1 aromatic heterocycles. The molecule has 92 valence electrons. The number of pyridine rings is 1. The Morgan fingerprint density at radius 3 is 3.24 bits per heavy atom. The van der Waals surface area contributed by atoms with Crippen molar-refractivity contribution in [1.29, 1.82) is 0 Å². The molecule has 1 aromatic rings. The maximum Gasteiger partial charge on any atom is 0.106 e. The molecule has 1 aliphatic heterocycles. The summed E-state index contributed by atoms with van der Waals surface area (Å²) in [7, 11) is 0. The van der Waals surface area contributed by atoms with Crippen molar-refractivity contribution in [2.24, 2.45) is 5.73 Å². The fraction of sp³-hybridized carbons (Fsp3) is 0.455. The highest BCUT2D eigenvalue weighted by Crippen LogP contribution is 2.21. The van der Waals surface area contributed by atoms with Gasteiger partial charge in [-0.25, -0.2) is 0 Å². The molecule has 1 saturated heterocycles. The fourth-order valence-corrected chi connectivity index (χ4v) is 2.07. The molecule has 0 radical (unpaired) electrons. The minimum absolute atomic E-state index is 0.0131. The van der Waals surface area contributed by atoms with E-state index in [-0.39, 0.29) is 12.7 Å². The number of rotatable bonds is 3. The lowest BCUT2D eigenvalue weighted by molar-refractivity contribution is 0.00355. The normalized spacial score (nSPS) is 20.3. The van der Waals surface area contributed by atoms with Crippen LogP contribution in [0, 0.1) is 0 Å². The number of nitrogens with two attached hydrogens (primary N) is 1. The monoisotopic (exact) mass is 253 g/mol. The first kappa shape index (κ1) is 12.2. The number of hydrogen-bond acceptors (Lipinski definition) is 5. The third-order valence-corrected chi connectivity index (χ3v) is 2.97. The quantitative estimate of drug-likeness (QED) is 0.734. The zero-order chi connectivity index (χ0) is 12.3. The van der Waals surface area contributed by atoms with Crippen molar-refractivity contribution in [3.8, 4) is 0 Å². The highest BCUT2D eigenvalue weighted by atomic mass is 32.1. The molecule has 6 heteroatoms. The molecule has 2 rings (SSSR count). The van der Waals surface area contributed by atoms with Gasteiger partial charge < -0.3 is 20.5 Å². The van der Waals surface area contributed by atoms with Crippen molar-refractivity contribution >= 4 is 22.9 Å². The molecule has 0 aliphatic carbocycles. The first-order valence-corrected chi connectivity index (χ1v) is 5.84. The molecule has 0 spiro atoms. The topological polar surface area (TPSA) is 71.6 Å². The molecular formula is C11H15N3O2S. The van der Waals surface area contributed by atoms with Gasteiger partial charge in [-0.2, -0.15) is 0 Å². The summed E-state index contributed by atoms with van der Waals surface area (Å²) in [4.78, 5) is 6.54. The van der Waals surface area contributed by atoms with Crippen LogP contribution in [0.3, 0.4) is 0 Å². The Hall–Kier alpha value is -1.24. The van der Waals surface area contributed by atoms with E-state index in [1.807, 2.05) is 0 Å². The Morgan fingerprint density at radius 1 is 1.71 bits per heavy atom. The Morgan fingerprint density at radius 2 is 2.53 bits per heavy atom. The first-order chi connectivity index (χ1) is 8.22. The maximum absolute atomic E-state index is 9.12. The molecule has 3 N–H and O–H groups in total. The second-order valence-electron chi connectivity index (χ2n) is 3.88. The van der Waals surface area contributed by atoms with Crippen LogP contribution in [-0.2, 0) is 4.74 Å². The van der Waals surface area contributed by atoms with Crippen molar-refractivity contribution in [1.82, 2.24) is 4.98 Å². The molecular weight excluding hydrogens is 238 g/mol. The summed E-state index contributed by atoms with van der Waals surface area (Å²) in [6, 6.07) is 1.81. The van der Waals surface area contributed by atoms with Crippen LogP contribution < -0.4 is 10.6 Å². The number of aliphatic hydroxyl groups is 1. The Kier molecular flexibility index (Phi) is 3.88. The second kappa shape index (κ2) is 5.39. The van der Waals surface area contributed by atoms with Crippen molar-refractivity contribution < 1.29 is 9.84 Å². The van der Waals surface area contributed by atoms with Gasteiger partial charge in [-0.05, 0) is 6.07 Å². The van der Waals surface area contributed by atoms with E-state index in [0.717, 1.165) is 17.8 Å². The molecule has 0 saturated carbocycles. The molecule has 2 heterocycles. The van der Waals surface area contributed by atoms with Gasteiger partial charge in [0.1, 0.15) is 4.99 Å². The minimum atomic E-state index is -0.164. The molecule has 1 atom stereocenters. The molecule has 5 nitrogen and oxygen atoms in total. The SMILES string of the molecule is NC(=S)c1ccncc1N1CCOC(CO)C1. The van der Waals surface area contributed by atoms with Crippen LogP contribution in [0.15, 0.2) is 18.5 Å². The average molecular weight is 253 g/mol. The van der Waals surface area contributed by atoms with Gasteiger partial charge in [-0.1, -0.05) is 12.2 Å². The summed E-state index contributed by atoms with van der Waals surface area (Å²) in [5.74, 6) is 0. The van der Waals surface area contributed by atoms with E-state index in [2.05, 4.69) is 9.88 Å². The van der Waals surface area contributed by atoms with Crippen LogP contribution >= 0.6 is 12.2 Å². The van der Waals surface area contributed by atoms with Crippen LogP contribution in [0.25, 0.3) is 0 Å². The van der Waals surface area contributed by atoms with E-state index in [9.17, 15) is 0 Å². The zero-order valence-corrected chi connectivity index (χ0v) is 10.2. The number of aliphatic hydroxyl groups excluding tert-OH is 1. The number of nitrogens with zero attached hydrogens (tertiary/aromatic N) is 2. The summed E-state index contributed by atoms with van der Waals surface area (Å²) in [5, 5.41) is 9.12. The van der Waals surface area contributed by atoms with Crippen LogP contribution in [0.1, 0.15) is 5.56 Å². The summed E-state index contributed by atoms with van der Waals surface area (Å²) in [6.07, 6.45) is 3.25. The van der Waals surface area contributed by atoms with E-state index in [4.69, 9.17) is 27.8 Å². The van der Waals surface area contributed by atoms with Gasteiger partial charge in [-0.3, -0.25) is 4.98 Å². The highest BCUT2D eigenvalue weighted by Gasteiger charge is 2.22. The Bertz CT molecular complexity index is 413. The van der Waals surface area contributed by atoms with Gasteiger partial charge in [-0.15, -0.1) is 0 Å². The van der Waals surface area contributed by atoms with E-state index in [1.165, 1.54) is 0 Å². The predicted octanol–water partition coefficient (Wildman–Crippen LogP) is -0.0867. The van der Waals surface area contributed by atoms with Crippen molar-refractivity contribution in [2.75, 3.05) is 31.2 Å². The molecule has 0 bridgehead atoms.